The minimum absolute atomic E-state index is 0.00380. The van der Waals surface area contributed by atoms with Crippen LogP contribution in [-0.2, 0) is 11.3 Å². The molecule has 2 amide bonds. The van der Waals surface area contributed by atoms with E-state index in [1.54, 1.807) is 42.5 Å². The number of hydrogen-bond donors (Lipinski definition) is 4. The third kappa shape index (κ3) is 5.89. The molecule has 6 nitrogen and oxygen atoms in total. The Morgan fingerprint density at radius 3 is 2.60 bits per heavy atom. The zero-order valence-corrected chi connectivity index (χ0v) is 13.6. The number of halogens is 1. The molecular weight excluding hydrogens is 325 g/mol. The highest BCUT2D eigenvalue weighted by Crippen LogP contribution is 2.10. The molecule has 4 N–H and O–H groups in total. The van der Waals surface area contributed by atoms with Crippen molar-refractivity contribution >= 4 is 17.5 Å². The van der Waals surface area contributed by atoms with Crippen molar-refractivity contribution in [3.63, 3.8) is 0 Å². The number of aliphatic hydroxyl groups excluding tert-OH is 1. The van der Waals surface area contributed by atoms with Gasteiger partial charge in [0.05, 0.1) is 13.2 Å². The van der Waals surface area contributed by atoms with E-state index in [2.05, 4.69) is 16.0 Å². The molecule has 0 aromatic heterocycles. The first-order valence-corrected chi connectivity index (χ1v) is 7.83. The number of aliphatic hydroxyl groups is 1. The highest BCUT2D eigenvalue weighted by atomic mass is 19.1. The number of carbonyl (C=O) groups is 2. The lowest BCUT2D eigenvalue weighted by Crippen LogP contribution is -2.30. The molecule has 0 spiro atoms. The molecule has 2 aromatic rings. The fourth-order valence-corrected chi connectivity index (χ4v) is 2.12. The zero-order valence-electron chi connectivity index (χ0n) is 13.6. The van der Waals surface area contributed by atoms with E-state index in [1.807, 2.05) is 0 Å². The van der Waals surface area contributed by atoms with Crippen molar-refractivity contribution in [2.75, 3.05) is 25.0 Å². The molecule has 0 fully saturated rings. The first-order valence-electron chi connectivity index (χ1n) is 7.83. The average molecular weight is 345 g/mol. The molecule has 7 heteroatoms. The molecule has 25 heavy (non-hydrogen) atoms. The van der Waals surface area contributed by atoms with Gasteiger partial charge < -0.3 is 21.1 Å². The lowest BCUT2D eigenvalue weighted by Gasteiger charge is -2.10. The summed E-state index contributed by atoms with van der Waals surface area (Å²) >= 11 is 0. The molecule has 0 aliphatic carbocycles. The Hall–Kier alpha value is -2.93. The lowest BCUT2D eigenvalue weighted by atomic mass is 10.2. The Morgan fingerprint density at radius 1 is 1.04 bits per heavy atom. The number of benzene rings is 2. The van der Waals surface area contributed by atoms with Gasteiger partial charge in [-0.05, 0) is 24.3 Å². The largest absolute Gasteiger partial charge is 0.395 e. The quantitative estimate of drug-likeness (QED) is 0.580. The van der Waals surface area contributed by atoms with Crippen LogP contribution in [0, 0.1) is 5.82 Å². The van der Waals surface area contributed by atoms with Crippen LogP contribution in [0.1, 0.15) is 15.9 Å². The van der Waals surface area contributed by atoms with Crippen molar-refractivity contribution < 1.29 is 19.1 Å². The van der Waals surface area contributed by atoms with Gasteiger partial charge in [-0.15, -0.1) is 0 Å². The number of carbonyl (C=O) groups excluding carboxylic acids is 2. The maximum Gasteiger partial charge on any atom is 0.251 e. The Labute approximate surface area is 145 Å². The second-order valence-electron chi connectivity index (χ2n) is 5.28. The molecule has 0 unspecified atom stereocenters. The molecule has 2 rings (SSSR count). The topological polar surface area (TPSA) is 90.5 Å². The summed E-state index contributed by atoms with van der Waals surface area (Å²) in [6.45, 7) is 0.147. The van der Waals surface area contributed by atoms with Gasteiger partial charge in [-0.3, -0.25) is 9.59 Å². The number of amides is 2. The van der Waals surface area contributed by atoms with Gasteiger partial charge in [0, 0.05) is 29.9 Å². The predicted molar refractivity (Wildman–Crippen MR) is 92.6 cm³/mol. The standard InChI is InChI=1S/C18H20FN3O3/c19-16-7-2-1-4-14(16)11-22-17(24)12-21-15-6-3-5-13(10-15)18(25)20-8-9-23/h1-7,10,21,23H,8-9,11-12H2,(H,20,25)(H,22,24). The summed E-state index contributed by atoms with van der Waals surface area (Å²) in [4.78, 5) is 23.7. The fraction of sp³-hybridized carbons (Fsp3) is 0.222. The van der Waals surface area contributed by atoms with Gasteiger partial charge >= 0.3 is 0 Å². The van der Waals surface area contributed by atoms with E-state index < -0.39 is 0 Å². The van der Waals surface area contributed by atoms with Crippen molar-refractivity contribution in [1.29, 1.82) is 0 Å². The van der Waals surface area contributed by atoms with Gasteiger partial charge in [0.1, 0.15) is 5.82 Å². The van der Waals surface area contributed by atoms with Crippen LogP contribution >= 0.6 is 0 Å². The van der Waals surface area contributed by atoms with Crippen LogP contribution in [0.5, 0.6) is 0 Å². The van der Waals surface area contributed by atoms with E-state index in [9.17, 15) is 14.0 Å². The predicted octanol–water partition coefficient (Wildman–Crippen LogP) is 1.28. The van der Waals surface area contributed by atoms with E-state index in [1.165, 1.54) is 6.07 Å². The second kappa shape index (κ2) is 9.39. The van der Waals surface area contributed by atoms with Crippen LogP contribution < -0.4 is 16.0 Å². The van der Waals surface area contributed by atoms with Crippen molar-refractivity contribution in [2.45, 2.75) is 6.54 Å². The Bertz CT molecular complexity index is 737. The average Bonchev–Trinajstić information content (AvgIpc) is 2.64. The summed E-state index contributed by atoms with van der Waals surface area (Å²) in [5.74, 6) is -0.961. The smallest absolute Gasteiger partial charge is 0.251 e. The molecule has 0 bridgehead atoms. The molecule has 0 aliphatic rings. The molecular formula is C18H20FN3O3. The first-order chi connectivity index (χ1) is 12.1. The Morgan fingerprint density at radius 2 is 1.84 bits per heavy atom. The minimum Gasteiger partial charge on any atom is -0.395 e. The fourth-order valence-electron chi connectivity index (χ4n) is 2.12. The Balaban J connectivity index is 1.83. The molecule has 132 valence electrons. The number of rotatable bonds is 8. The van der Waals surface area contributed by atoms with Gasteiger partial charge in [0.25, 0.3) is 5.91 Å². The SMILES string of the molecule is O=C(CNc1cccc(C(=O)NCCO)c1)NCc1ccccc1F. The number of anilines is 1. The highest BCUT2D eigenvalue weighted by molar-refractivity contribution is 5.95. The first kappa shape index (κ1) is 18.4. The number of hydrogen-bond acceptors (Lipinski definition) is 4. The van der Waals surface area contributed by atoms with Crippen LogP contribution in [0.25, 0.3) is 0 Å². The molecule has 0 atom stereocenters. The Kier molecular flexibility index (Phi) is 6.91. The van der Waals surface area contributed by atoms with Gasteiger partial charge in [-0.2, -0.15) is 0 Å². The molecule has 2 aromatic carbocycles. The summed E-state index contributed by atoms with van der Waals surface area (Å²) in [6.07, 6.45) is 0. The third-order valence-corrected chi connectivity index (χ3v) is 3.41. The summed E-state index contributed by atoms with van der Waals surface area (Å²) in [6, 6.07) is 12.9. The van der Waals surface area contributed by atoms with Crippen LogP contribution in [0.3, 0.4) is 0 Å². The lowest BCUT2D eigenvalue weighted by molar-refractivity contribution is -0.119. The zero-order chi connectivity index (χ0) is 18.1. The van der Waals surface area contributed by atoms with E-state index in [0.717, 1.165) is 0 Å². The molecule has 0 aliphatic heterocycles. The second-order valence-corrected chi connectivity index (χ2v) is 5.28. The van der Waals surface area contributed by atoms with E-state index in [4.69, 9.17) is 5.11 Å². The van der Waals surface area contributed by atoms with Crippen molar-refractivity contribution in [2.24, 2.45) is 0 Å². The van der Waals surface area contributed by atoms with Crippen LogP contribution in [0.15, 0.2) is 48.5 Å². The molecule has 0 heterocycles. The molecule has 0 radical (unpaired) electrons. The summed E-state index contributed by atoms with van der Waals surface area (Å²) in [5.41, 5.74) is 1.45. The van der Waals surface area contributed by atoms with Crippen molar-refractivity contribution in [3.05, 3.63) is 65.5 Å². The summed E-state index contributed by atoms with van der Waals surface area (Å²) in [5, 5.41) is 16.8. The normalized spacial score (nSPS) is 10.2. The third-order valence-electron chi connectivity index (χ3n) is 3.41. The van der Waals surface area contributed by atoms with Gasteiger partial charge in [-0.25, -0.2) is 4.39 Å². The minimum atomic E-state index is -0.364. The summed E-state index contributed by atoms with van der Waals surface area (Å²) < 4.78 is 13.5. The number of nitrogens with one attached hydrogen (secondary N) is 3. The van der Waals surface area contributed by atoms with Crippen LogP contribution in [0.4, 0.5) is 10.1 Å². The van der Waals surface area contributed by atoms with Crippen molar-refractivity contribution in [1.82, 2.24) is 10.6 Å². The maximum absolute atomic E-state index is 13.5. The van der Waals surface area contributed by atoms with Gasteiger partial charge in [0.2, 0.25) is 5.91 Å². The van der Waals surface area contributed by atoms with Crippen molar-refractivity contribution in [3.8, 4) is 0 Å². The monoisotopic (exact) mass is 345 g/mol. The van der Waals surface area contributed by atoms with E-state index in [-0.39, 0.29) is 43.9 Å². The maximum atomic E-state index is 13.5. The van der Waals surface area contributed by atoms with E-state index >= 15 is 0 Å². The van der Waals surface area contributed by atoms with Crippen LogP contribution in [0.2, 0.25) is 0 Å². The van der Waals surface area contributed by atoms with Gasteiger partial charge in [-0.1, -0.05) is 24.3 Å². The summed E-state index contributed by atoms with van der Waals surface area (Å²) in [7, 11) is 0. The highest BCUT2D eigenvalue weighted by Gasteiger charge is 2.07. The molecule has 0 saturated carbocycles. The van der Waals surface area contributed by atoms with Crippen LogP contribution in [-0.4, -0.2) is 36.6 Å². The van der Waals surface area contributed by atoms with Gasteiger partial charge in [0.15, 0.2) is 0 Å². The van der Waals surface area contributed by atoms with E-state index in [0.29, 0.717) is 16.8 Å². The molecule has 0 saturated heterocycles.